The second-order valence-electron chi connectivity index (χ2n) is 27.0. The molecule has 7 aliphatic heterocycles. The minimum Gasteiger partial charge on any atom is -0.464 e. The van der Waals surface area contributed by atoms with Crippen molar-refractivity contribution < 1.29 is 42.2 Å². The number of hydrogen-bond acceptors (Lipinski definition) is 13. The SMILES string of the molecule is CCn1c(-c2cc(N3CCN4CCOC[C@@H]4C3)cnc2[C@H](C)OC)c2c3cc(ccc31)-c1cc(cc(C(F)F)c1)C[C@H](NC(=O)[C@H](C1CCCC1)N1CC[C@]3(CCN(C(=O)[C@@H]4N[C@@H]4C4CC4)C3)C1)C(=O)N1CCC[C@H](N1)C(=O)OCC(C)(C)C2. The summed E-state index contributed by atoms with van der Waals surface area (Å²) in [7, 11) is 1.70. The van der Waals surface area contributed by atoms with Gasteiger partial charge in [0.1, 0.15) is 18.1 Å². The van der Waals surface area contributed by atoms with Gasteiger partial charge in [0.25, 0.3) is 12.3 Å². The van der Waals surface area contributed by atoms with Crippen LogP contribution in [0.5, 0.6) is 0 Å². The van der Waals surface area contributed by atoms with Gasteiger partial charge in [-0.3, -0.25) is 44.3 Å². The Morgan fingerprint density at radius 2 is 1.75 bits per heavy atom. The zero-order valence-electron chi connectivity index (χ0n) is 49.8. The van der Waals surface area contributed by atoms with Crippen LogP contribution in [0.25, 0.3) is 33.3 Å². The van der Waals surface area contributed by atoms with Gasteiger partial charge in [-0.15, -0.1) is 0 Å². The molecule has 9 heterocycles. The number of nitrogens with one attached hydrogen (secondary N) is 3. The number of esters is 1. The van der Waals surface area contributed by atoms with Gasteiger partial charge in [-0.2, -0.15) is 0 Å². The van der Waals surface area contributed by atoms with Crippen LogP contribution in [0.15, 0.2) is 48.7 Å². The molecule has 2 aliphatic carbocycles. The molecule has 13 rings (SSSR count). The first-order valence-corrected chi connectivity index (χ1v) is 31.6. The molecular weight excluding hydrogens is 1070 g/mol. The van der Waals surface area contributed by atoms with Gasteiger partial charge in [-0.25, -0.2) is 14.2 Å². The number of piperazine rings is 1. The second-order valence-corrected chi connectivity index (χ2v) is 27.0. The van der Waals surface area contributed by atoms with Gasteiger partial charge in [0.2, 0.25) is 11.8 Å². The molecule has 3 N–H and O–H groups in total. The lowest BCUT2D eigenvalue weighted by Gasteiger charge is -2.44. The van der Waals surface area contributed by atoms with Crippen LogP contribution in [0.2, 0.25) is 0 Å². The minimum absolute atomic E-state index is 0.0639. The zero-order chi connectivity index (χ0) is 58.2. The molecule has 2 aromatic heterocycles. The molecule has 2 aromatic carbocycles. The highest BCUT2D eigenvalue weighted by atomic mass is 19.3. The normalized spacial score (nSPS) is 28.7. The Hall–Kier alpha value is -5.57. The second kappa shape index (κ2) is 23.3. The van der Waals surface area contributed by atoms with Crippen LogP contribution < -0.4 is 21.0 Å². The van der Waals surface area contributed by atoms with E-state index in [-0.39, 0.29) is 66.5 Å². The van der Waals surface area contributed by atoms with Crippen LogP contribution >= 0.6 is 0 Å². The topological polar surface area (TPSA) is 176 Å². The number of carbonyl (C=O) groups excluding carboxylic acids is 4. The highest BCUT2D eigenvalue weighted by Crippen LogP contribution is 2.47. The monoisotopic (exact) mass is 1160 g/mol. The lowest BCUT2D eigenvalue weighted by molar-refractivity contribution is -0.155. The largest absolute Gasteiger partial charge is 0.464 e. The standard InChI is InChI=1S/C65H86F2N10O7/c1-6-76-53-16-15-43-30-48(53)50(58(76)49-31-46(33-68-54(49)39(2)82-5)73-23-22-72-24-25-83-35-47(72)34-73)32-64(3,4)38-84-63(81)51-12-9-19-77(71-51)61(79)52(28-40-26-44(43)29-45(27-40)59(66)67)69-60(78)57(42-10-7-8-11-42)74-20-17-65(36-74)18-21-75(37-65)62(80)56-55(70-56)41-13-14-41/h15-16,26-27,29-31,33,39,41-42,47,51-52,55-57,59,70-71H,6-14,17-25,28,32,34-38H2,1-5H3,(H,69,78)/t39-,47-,51-,52-,55+,56+,57-,65-/m0/s1. The summed E-state index contributed by atoms with van der Waals surface area (Å²) in [6, 6.07) is 11.3. The van der Waals surface area contributed by atoms with Crippen molar-refractivity contribution in [3.8, 4) is 22.4 Å². The number of carbonyl (C=O) groups is 4. The van der Waals surface area contributed by atoms with Crippen LogP contribution in [0.1, 0.15) is 127 Å². The van der Waals surface area contributed by atoms with Crippen molar-refractivity contribution in [2.24, 2.45) is 22.7 Å². The molecular formula is C65H86F2N10O7. The number of anilines is 1. The Morgan fingerprint density at radius 1 is 0.929 bits per heavy atom. The van der Waals surface area contributed by atoms with E-state index in [4.69, 9.17) is 19.2 Å². The molecule has 3 amide bonds. The number of cyclic esters (lactones) is 1. The summed E-state index contributed by atoms with van der Waals surface area (Å²) in [5.74, 6) is -0.264. The number of pyridine rings is 1. The van der Waals surface area contributed by atoms with Gasteiger partial charge in [0.05, 0.1) is 61.3 Å². The first-order valence-electron chi connectivity index (χ1n) is 31.6. The fourth-order valence-corrected chi connectivity index (χ4v) is 15.7. The molecule has 6 saturated heterocycles. The number of ether oxygens (including phenoxy) is 3. The third-order valence-electron chi connectivity index (χ3n) is 20.6. The average Bonchev–Trinajstić information content (AvgIpc) is 2.09. The number of rotatable bonds is 12. The smallest absolute Gasteiger partial charge is 0.324 e. The average molecular weight is 1160 g/mol. The number of hydrazine groups is 1. The van der Waals surface area contributed by atoms with Crippen molar-refractivity contribution in [1.82, 2.24) is 45.3 Å². The van der Waals surface area contributed by atoms with Gasteiger partial charge >= 0.3 is 5.97 Å². The van der Waals surface area contributed by atoms with Crippen molar-refractivity contribution in [3.05, 3.63) is 71.0 Å². The van der Waals surface area contributed by atoms with Crippen molar-refractivity contribution in [3.63, 3.8) is 0 Å². The first kappa shape index (κ1) is 57.5. The number of halogens is 2. The van der Waals surface area contributed by atoms with Crippen molar-refractivity contribution in [1.29, 1.82) is 0 Å². The van der Waals surface area contributed by atoms with E-state index in [1.54, 1.807) is 13.2 Å². The van der Waals surface area contributed by atoms with Gasteiger partial charge < -0.3 is 33.9 Å². The number of nitrogens with zero attached hydrogens (tertiary/aromatic N) is 7. The highest BCUT2D eigenvalue weighted by Gasteiger charge is 2.55. The Labute approximate surface area is 492 Å². The summed E-state index contributed by atoms with van der Waals surface area (Å²) in [6.45, 7) is 17.0. The third-order valence-corrected chi connectivity index (χ3v) is 20.6. The number of aromatic nitrogens is 2. The molecule has 452 valence electrons. The molecule has 0 unspecified atom stereocenters. The molecule has 8 atom stereocenters. The van der Waals surface area contributed by atoms with E-state index >= 15 is 18.4 Å². The molecule has 84 heavy (non-hydrogen) atoms. The fourth-order valence-electron chi connectivity index (χ4n) is 15.7. The maximum atomic E-state index is 15.4. The van der Waals surface area contributed by atoms with Gasteiger partial charge in [-0.05, 0) is 137 Å². The quantitative estimate of drug-likeness (QED) is 0.0944. The number of hydrogen-bond donors (Lipinski definition) is 3. The third kappa shape index (κ3) is 11.4. The van der Waals surface area contributed by atoms with Gasteiger partial charge in [0, 0.05) is 111 Å². The lowest BCUT2D eigenvalue weighted by Crippen LogP contribution is -2.62. The van der Waals surface area contributed by atoms with E-state index in [0.717, 1.165) is 116 Å². The Kier molecular flexibility index (Phi) is 15.9. The summed E-state index contributed by atoms with van der Waals surface area (Å²) in [4.78, 5) is 73.2. The molecule has 2 saturated carbocycles. The predicted octanol–water partition coefficient (Wildman–Crippen LogP) is 7.44. The number of methoxy groups -OCH3 is 1. The van der Waals surface area contributed by atoms with E-state index in [0.29, 0.717) is 81.7 Å². The Bertz CT molecular complexity index is 3160. The first-order chi connectivity index (χ1) is 40.6. The maximum Gasteiger partial charge on any atom is 0.324 e. The van der Waals surface area contributed by atoms with E-state index in [9.17, 15) is 9.59 Å². The number of amides is 3. The molecule has 19 heteroatoms. The molecule has 9 aliphatic rings. The summed E-state index contributed by atoms with van der Waals surface area (Å²) < 4.78 is 51.4. The molecule has 6 bridgehead atoms. The zero-order valence-corrected chi connectivity index (χ0v) is 49.8. The molecule has 8 fully saturated rings. The fraction of sp³-hybridized carbons (Fsp3) is 0.646. The van der Waals surface area contributed by atoms with Crippen molar-refractivity contribution >= 4 is 40.3 Å². The number of likely N-dealkylation sites (tertiary alicyclic amines) is 2. The Morgan fingerprint density at radius 3 is 2.54 bits per heavy atom. The van der Waals surface area contributed by atoms with Crippen LogP contribution in [0.4, 0.5) is 14.5 Å². The maximum absolute atomic E-state index is 15.4. The Balaban J connectivity index is 0.865. The van der Waals surface area contributed by atoms with Crippen LogP contribution in [0, 0.1) is 22.7 Å². The predicted molar refractivity (Wildman–Crippen MR) is 316 cm³/mol. The number of morpholine rings is 1. The summed E-state index contributed by atoms with van der Waals surface area (Å²) in [5.41, 5.74) is 9.76. The highest BCUT2D eigenvalue weighted by molar-refractivity contribution is 5.96. The van der Waals surface area contributed by atoms with E-state index in [1.165, 1.54) is 23.9 Å². The number of alkyl halides is 2. The van der Waals surface area contributed by atoms with Gasteiger partial charge in [0.15, 0.2) is 0 Å². The van der Waals surface area contributed by atoms with Crippen molar-refractivity contribution in [2.75, 3.05) is 90.7 Å². The molecule has 17 nitrogen and oxygen atoms in total. The summed E-state index contributed by atoms with van der Waals surface area (Å²) in [6.07, 6.45) is 8.07. The number of benzene rings is 2. The van der Waals surface area contributed by atoms with Gasteiger partial charge in [-0.1, -0.05) is 44.9 Å². The summed E-state index contributed by atoms with van der Waals surface area (Å²) >= 11 is 0. The molecule has 1 spiro atoms. The lowest BCUT2D eigenvalue weighted by atomic mass is 9.84. The van der Waals surface area contributed by atoms with Crippen LogP contribution in [-0.2, 0) is 52.8 Å². The minimum atomic E-state index is -2.82. The number of aryl methyl sites for hydroxylation is 1. The molecule has 0 radical (unpaired) electrons. The van der Waals surface area contributed by atoms with E-state index < -0.39 is 41.8 Å². The van der Waals surface area contributed by atoms with Crippen LogP contribution in [0.3, 0.4) is 0 Å². The summed E-state index contributed by atoms with van der Waals surface area (Å²) in [5, 5.41) is 9.10. The number of fused-ring (bicyclic) bond motifs is 7. The van der Waals surface area contributed by atoms with Crippen molar-refractivity contribution in [2.45, 2.75) is 160 Å². The van der Waals surface area contributed by atoms with E-state index in [2.05, 4.69) is 74.3 Å². The van der Waals surface area contributed by atoms with Crippen LogP contribution in [-0.4, -0.2) is 175 Å². The molecule has 4 aromatic rings. The van der Waals surface area contributed by atoms with E-state index in [1.807, 2.05) is 30.2 Å².